The molecule has 1 heterocycles. The van der Waals surface area contributed by atoms with Gasteiger partial charge in [0.2, 0.25) is 0 Å². The molecule has 1 aromatic heterocycles. The molecule has 16 heavy (non-hydrogen) atoms. The van der Waals surface area contributed by atoms with Crippen LogP contribution in [-0.2, 0) is 7.05 Å². The van der Waals surface area contributed by atoms with E-state index in [-0.39, 0.29) is 0 Å². The first-order valence-corrected chi connectivity index (χ1v) is 5.10. The molecular weight excluding hydrogens is 200 g/mol. The molecule has 0 bridgehead atoms. The van der Waals surface area contributed by atoms with Crippen molar-refractivity contribution in [1.29, 1.82) is 0 Å². The molecule has 0 aliphatic heterocycles. The number of imidazole rings is 1. The van der Waals surface area contributed by atoms with Gasteiger partial charge >= 0.3 is 0 Å². The smallest absolute Gasteiger partial charge is 0.185 e. The number of aromatic nitrogens is 2. The van der Waals surface area contributed by atoms with Crippen molar-refractivity contribution in [2.45, 2.75) is 0 Å². The van der Waals surface area contributed by atoms with E-state index in [1.807, 2.05) is 41.9 Å². The number of carbonyl (C=O) groups is 1. The second-order valence-corrected chi connectivity index (χ2v) is 3.80. The summed E-state index contributed by atoms with van der Waals surface area (Å²) in [5, 5.41) is 2.29. The third kappa shape index (κ3) is 1.08. The fourth-order valence-corrected chi connectivity index (χ4v) is 2.10. The fraction of sp³-hybridized carbons (Fsp3) is 0.0769. The Morgan fingerprint density at radius 1 is 1.19 bits per heavy atom. The number of benzene rings is 2. The van der Waals surface area contributed by atoms with Crippen molar-refractivity contribution in [3.8, 4) is 0 Å². The third-order valence-electron chi connectivity index (χ3n) is 2.90. The molecule has 0 atom stereocenters. The van der Waals surface area contributed by atoms with Crippen molar-refractivity contribution in [3.05, 3.63) is 42.2 Å². The number of hydrogen-bond acceptors (Lipinski definition) is 2. The fourth-order valence-electron chi connectivity index (χ4n) is 2.10. The number of fused-ring (bicyclic) bond motifs is 3. The van der Waals surface area contributed by atoms with E-state index in [0.29, 0.717) is 5.82 Å². The Morgan fingerprint density at radius 2 is 2.00 bits per heavy atom. The van der Waals surface area contributed by atoms with Crippen LogP contribution in [0.4, 0.5) is 0 Å². The molecule has 0 fully saturated rings. The Bertz CT molecular complexity index is 698. The minimum Gasteiger partial charge on any atom is -0.324 e. The summed E-state index contributed by atoms with van der Waals surface area (Å²) in [5.41, 5.74) is 1.88. The van der Waals surface area contributed by atoms with Gasteiger partial charge in [-0.3, -0.25) is 4.79 Å². The minimum atomic E-state index is 0.464. The van der Waals surface area contributed by atoms with Crippen LogP contribution in [0.25, 0.3) is 21.8 Å². The third-order valence-corrected chi connectivity index (χ3v) is 2.90. The average molecular weight is 210 g/mol. The topological polar surface area (TPSA) is 34.9 Å². The van der Waals surface area contributed by atoms with E-state index in [0.717, 1.165) is 28.1 Å². The number of nitrogens with zero attached hydrogens (tertiary/aromatic N) is 2. The predicted octanol–water partition coefficient (Wildman–Crippen LogP) is 2.54. The van der Waals surface area contributed by atoms with E-state index in [9.17, 15) is 4.79 Å². The Morgan fingerprint density at radius 3 is 2.81 bits per heavy atom. The predicted molar refractivity (Wildman–Crippen MR) is 63.6 cm³/mol. The summed E-state index contributed by atoms with van der Waals surface area (Å²) in [6, 6.07) is 12.1. The van der Waals surface area contributed by atoms with E-state index in [2.05, 4.69) is 11.1 Å². The molecule has 0 saturated carbocycles. The summed E-state index contributed by atoms with van der Waals surface area (Å²) in [6.07, 6.45) is 0.786. The second-order valence-electron chi connectivity index (χ2n) is 3.80. The van der Waals surface area contributed by atoms with Crippen molar-refractivity contribution in [1.82, 2.24) is 9.55 Å². The number of rotatable bonds is 1. The van der Waals surface area contributed by atoms with Gasteiger partial charge in [-0.2, -0.15) is 0 Å². The molecule has 3 aromatic rings. The molecule has 78 valence electrons. The zero-order chi connectivity index (χ0) is 11.1. The lowest BCUT2D eigenvalue weighted by molar-refractivity contribution is 0.111. The van der Waals surface area contributed by atoms with Gasteiger partial charge in [-0.1, -0.05) is 30.3 Å². The zero-order valence-corrected chi connectivity index (χ0v) is 8.84. The highest BCUT2D eigenvalue weighted by atomic mass is 16.1. The van der Waals surface area contributed by atoms with Crippen molar-refractivity contribution in [3.63, 3.8) is 0 Å². The summed E-state index contributed by atoms with van der Waals surface area (Å²) in [6.45, 7) is 0. The van der Waals surface area contributed by atoms with Gasteiger partial charge in [0.15, 0.2) is 12.1 Å². The van der Waals surface area contributed by atoms with Gasteiger partial charge in [-0.15, -0.1) is 0 Å². The van der Waals surface area contributed by atoms with Crippen LogP contribution in [-0.4, -0.2) is 15.8 Å². The quantitative estimate of drug-likeness (QED) is 0.578. The van der Waals surface area contributed by atoms with Crippen molar-refractivity contribution >= 4 is 28.1 Å². The first kappa shape index (κ1) is 9.09. The SMILES string of the molecule is Cn1c(C=O)nc2ccc3ccccc3c21. The van der Waals surface area contributed by atoms with E-state index in [4.69, 9.17) is 0 Å². The monoisotopic (exact) mass is 210 g/mol. The number of carbonyl (C=O) groups excluding carboxylic acids is 1. The second kappa shape index (κ2) is 3.17. The molecule has 0 spiro atoms. The van der Waals surface area contributed by atoms with Gasteiger partial charge in [0, 0.05) is 12.4 Å². The molecule has 0 unspecified atom stereocenters. The first-order chi connectivity index (χ1) is 7.81. The van der Waals surface area contributed by atoms with Gasteiger partial charge < -0.3 is 4.57 Å². The molecule has 0 aliphatic carbocycles. The number of aryl methyl sites for hydroxylation is 1. The lowest BCUT2D eigenvalue weighted by Crippen LogP contribution is -1.95. The Kier molecular flexibility index (Phi) is 1.80. The van der Waals surface area contributed by atoms with E-state index >= 15 is 0 Å². The largest absolute Gasteiger partial charge is 0.324 e. The van der Waals surface area contributed by atoms with E-state index in [1.165, 1.54) is 0 Å². The maximum atomic E-state index is 10.8. The van der Waals surface area contributed by atoms with Crippen LogP contribution < -0.4 is 0 Å². The average Bonchev–Trinajstić information content (AvgIpc) is 2.66. The Balaban J connectivity index is 2.59. The molecular formula is C13H10N2O. The molecule has 3 rings (SSSR count). The maximum Gasteiger partial charge on any atom is 0.185 e. The summed E-state index contributed by atoms with van der Waals surface area (Å²) in [4.78, 5) is 15.1. The Hall–Kier alpha value is -2.16. The highest BCUT2D eigenvalue weighted by molar-refractivity contribution is 6.05. The zero-order valence-electron chi connectivity index (χ0n) is 8.84. The lowest BCUT2D eigenvalue weighted by atomic mass is 10.1. The number of hydrogen-bond donors (Lipinski definition) is 0. The van der Waals surface area contributed by atoms with Gasteiger partial charge in [0.05, 0.1) is 11.0 Å². The minimum absolute atomic E-state index is 0.464. The summed E-state index contributed by atoms with van der Waals surface area (Å²) >= 11 is 0. The maximum absolute atomic E-state index is 10.8. The summed E-state index contributed by atoms with van der Waals surface area (Å²) < 4.78 is 1.84. The van der Waals surface area contributed by atoms with Crippen LogP contribution in [0.3, 0.4) is 0 Å². The van der Waals surface area contributed by atoms with Crippen molar-refractivity contribution in [2.24, 2.45) is 7.05 Å². The molecule has 0 amide bonds. The molecule has 0 saturated heterocycles. The molecule has 3 nitrogen and oxygen atoms in total. The van der Waals surface area contributed by atoms with E-state index < -0.39 is 0 Å². The van der Waals surface area contributed by atoms with Crippen molar-refractivity contribution < 1.29 is 4.79 Å². The highest BCUT2D eigenvalue weighted by Crippen LogP contribution is 2.24. The molecule has 0 radical (unpaired) electrons. The van der Waals surface area contributed by atoms with Crippen molar-refractivity contribution in [2.75, 3.05) is 0 Å². The first-order valence-electron chi connectivity index (χ1n) is 5.10. The molecule has 3 heteroatoms. The van der Waals surface area contributed by atoms with Gasteiger partial charge in [0.1, 0.15) is 0 Å². The molecule has 0 aliphatic rings. The van der Waals surface area contributed by atoms with Crippen LogP contribution in [0.15, 0.2) is 36.4 Å². The van der Waals surface area contributed by atoms with E-state index in [1.54, 1.807) is 0 Å². The lowest BCUT2D eigenvalue weighted by Gasteiger charge is -2.01. The van der Waals surface area contributed by atoms with Gasteiger partial charge in [-0.25, -0.2) is 4.98 Å². The van der Waals surface area contributed by atoms with Gasteiger partial charge in [-0.05, 0) is 11.5 Å². The standard InChI is InChI=1S/C13H10N2O/c1-15-12(8-16)14-11-7-6-9-4-2-3-5-10(9)13(11)15/h2-8H,1H3. The highest BCUT2D eigenvalue weighted by Gasteiger charge is 2.09. The molecule has 0 N–H and O–H groups in total. The van der Waals surface area contributed by atoms with Crippen LogP contribution >= 0.6 is 0 Å². The van der Waals surface area contributed by atoms with Gasteiger partial charge in [0.25, 0.3) is 0 Å². The number of aldehydes is 1. The van der Waals surface area contributed by atoms with Crippen LogP contribution in [0.2, 0.25) is 0 Å². The summed E-state index contributed by atoms with van der Waals surface area (Å²) in [5.74, 6) is 0.464. The van der Waals surface area contributed by atoms with Crippen LogP contribution in [0.1, 0.15) is 10.6 Å². The molecule has 2 aromatic carbocycles. The van der Waals surface area contributed by atoms with Crippen LogP contribution in [0.5, 0.6) is 0 Å². The Labute approximate surface area is 92.3 Å². The van der Waals surface area contributed by atoms with Crippen LogP contribution in [0, 0.1) is 0 Å². The normalized spacial score (nSPS) is 11.1. The summed E-state index contributed by atoms with van der Waals surface area (Å²) in [7, 11) is 1.87.